The fourth-order valence-electron chi connectivity index (χ4n) is 3.35. The van der Waals surface area contributed by atoms with Gasteiger partial charge in [-0.2, -0.15) is 0 Å². The van der Waals surface area contributed by atoms with E-state index in [2.05, 4.69) is 58.5 Å². The number of nitrogens with zero attached hydrogens (tertiary/aromatic N) is 2. The van der Waals surface area contributed by atoms with E-state index in [0.29, 0.717) is 0 Å². The summed E-state index contributed by atoms with van der Waals surface area (Å²) in [6.45, 7) is 0. The lowest BCUT2D eigenvalue weighted by molar-refractivity contribution is 0.414. The van der Waals surface area contributed by atoms with Crippen LogP contribution in [-0.2, 0) is 0 Å². The molecule has 0 heterocycles. The molecular weight excluding hydrogens is 372 g/mol. The van der Waals surface area contributed by atoms with Gasteiger partial charge in [-0.1, -0.05) is 36.4 Å². The normalized spacial score (nSPS) is 10.3. The molecule has 0 aliphatic rings. The van der Waals surface area contributed by atoms with Gasteiger partial charge < -0.3 is 9.47 Å². The molecule has 0 saturated carbocycles. The molecule has 0 unspecified atom stereocenters. The maximum absolute atomic E-state index is 5.36. The number of anilines is 4. The van der Waals surface area contributed by atoms with Crippen molar-refractivity contribution in [3.63, 3.8) is 0 Å². The second kappa shape index (κ2) is 9.05. The van der Waals surface area contributed by atoms with Crippen molar-refractivity contribution < 1.29 is 9.47 Å². The van der Waals surface area contributed by atoms with Crippen LogP contribution >= 0.6 is 0 Å². The average molecular weight is 396 g/mol. The predicted molar refractivity (Wildman–Crippen MR) is 123 cm³/mol. The third-order valence-corrected chi connectivity index (χ3v) is 4.84. The molecule has 4 aromatic carbocycles. The number of methoxy groups -OCH3 is 2. The van der Waals surface area contributed by atoms with Gasteiger partial charge in [0.2, 0.25) is 0 Å². The second-order valence-corrected chi connectivity index (χ2v) is 6.69. The largest absolute Gasteiger partial charge is 0.497 e. The Morgan fingerprint density at radius 1 is 0.400 bits per heavy atom. The summed E-state index contributed by atoms with van der Waals surface area (Å²) in [5.41, 5.74) is 4.12. The quantitative estimate of drug-likeness (QED) is 0.329. The van der Waals surface area contributed by atoms with Crippen molar-refractivity contribution in [1.82, 2.24) is 0 Å². The Bertz CT molecular complexity index is 961. The Morgan fingerprint density at radius 2 is 0.700 bits per heavy atom. The molecule has 0 spiro atoms. The fraction of sp³-hybridized carbons (Fsp3) is 0.0769. The third kappa shape index (κ3) is 4.08. The zero-order valence-corrected chi connectivity index (χ0v) is 17.1. The van der Waals surface area contributed by atoms with E-state index in [0.717, 1.165) is 34.2 Å². The highest BCUT2D eigenvalue weighted by atomic mass is 16.5. The van der Waals surface area contributed by atoms with Crippen LogP contribution in [0.4, 0.5) is 22.7 Å². The third-order valence-electron chi connectivity index (χ3n) is 4.84. The number of hydrogen-bond donors (Lipinski definition) is 0. The zero-order chi connectivity index (χ0) is 20.8. The Morgan fingerprint density at radius 3 is 1.00 bits per heavy atom. The highest BCUT2D eigenvalue weighted by Crippen LogP contribution is 2.37. The summed E-state index contributed by atoms with van der Waals surface area (Å²) >= 11 is 0. The van der Waals surface area contributed by atoms with Crippen LogP contribution in [0.3, 0.4) is 0 Å². The second-order valence-electron chi connectivity index (χ2n) is 6.69. The van der Waals surface area contributed by atoms with Gasteiger partial charge in [-0.3, -0.25) is 0 Å². The van der Waals surface area contributed by atoms with Gasteiger partial charge in [0.1, 0.15) is 11.5 Å². The maximum atomic E-state index is 5.36. The molecular formula is C26H24N2O2. The predicted octanol–water partition coefficient (Wildman–Crippen LogP) is 6.60. The molecule has 0 bridgehead atoms. The highest BCUT2D eigenvalue weighted by Gasteiger charge is 2.21. The summed E-state index contributed by atoms with van der Waals surface area (Å²) in [4.78, 5) is 0. The monoisotopic (exact) mass is 396 g/mol. The average Bonchev–Trinajstić information content (AvgIpc) is 2.84. The number of hydrazine groups is 1. The van der Waals surface area contributed by atoms with Crippen LogP contribution in [0.5, 0.6) is 11.5 Å². The summed E-state index contributed by atoms with van der Waals surface area (Å²) in [7, 11) is 3.36. The molecule has 0 amide bonds. The van der Waals surface area contributed by atoms with E-state index >= 15 is 0 Å². The van der Waals surface area contributed by atoms with Gasteiger partial charge in [0.15, 0.2) is 0 Å². The fourth-order valence-corrected chi connectivity index (χ4v) is 3.35. The summed E-state index contributed by atoms with van der Waals surface area (Å²) in [5.74, 6) is 1.64. The Labute approximate surface area is 177 Å². The van der Waals surface area contributed by atoms with Gasteiger partial charge in [0, 0.05) is 0 Å². The van der Waals surface area contributed by atoms with Crippen molar-refractivity contribution in [2.45, 2.75) is 0 Å². The number of para-hydroxylation sites is 2. The minimum Gasteiger partial charge on any atom is -0.497 e. The van der Waals surface area contributed by atoms with E-state index in [1.54, 1.807) is 14.2 Å². The van der Waals surface area contributed by atoms with Crippen LogP contribution in [0.2, 0.25) is 0 Å². The Balaban J connectivity index is 1.89. The van der Waals surface area contributed by atoms with Gasteiger partial charge in [-0.15, -0.1) is 0 Å². The summed E-state index contributed by atoms with van der Waals surface area (Å²) < 4.78 is 10.7. The summed E-state index contributed by atoms with van der Waals surface area (Å²) in [6, 6.07) is 36.8. The van der Waals surface area contributed by atoms with Gasteiger partial charge >= 0.3 is 0 Å². The van der Waals surface area contributed by atoms with Gasteiger partial charge in [0.05, 0.1) is 37.0 Å². The molecule has 4 nitrogen and oxygen atoms in total. The topological polar surface area (TPSA) is 24.9 Å². The first-order valence-corrected chi connectivity index (χ1v) is 9.78. The van der Waals surface area contributed by atoms with Crippen LogP contribution < -0.4 is 19.5 Å². The molecule has 0 aliphatic carbocycles. The van der Waals surface area contributed by atoms with Gasteiger partial charge in [0.25, 0.3) is 0 Å². The van der Waals surface area contributed by atoms with Crippen molar-refractivity contribution >= 4 is 22.7 Å². The lowest BCUT2D eigenvalue weighted by Crippen LogP contribution is -2.35. The first kappa shape index (κ1) is 19.4. The molecule has 30 heavy (non-hydrogen) atoms. The lowest BCUT2D eigenvalue weighted by atomic mass is 10.2. The molecule has 0 saturated heterocycles. The molecule has 4 rings (SSSR count). The smallest absolute Gasteiger partial charge is 0.119 e. The van der Waals surface area contributed by atoms with Crippen molar-refractivity contribution in [3.05, 3.63) is 109 Å². The first-order chi connectivity index (χ1) is 14.8. The van der Waals surface area contributed by atoms with E-state index < -0.39 is 0 Å². The molecule has 0 aromatic heterocycles. The van der Waals surface area contributed by atoms with E-state index in [4.69, 9.17) is 9.47 Å². The molecule has 0 atom stereocenters. The molecule has 0 fully saturated rings. The molecule has 0 radical (unpaired) electrons. The minimum absolute atomic E-state index is 0.822. The van der Waals surface area contributed by atoms with Crippen molar-refractivity contribution in [3.8, 4) is 11.5 Å². The van der Waals surface area contributed by atoms with Crippen molar-refractivity contribution in [1.29, 1.82) is 0 Å². The first-order valence-electron chi connectivity index (χ1n) is 9.78. The van der Waals surface area contributed by atoms with Crippen LogP contribution in [0.1, 0.15) is 0 Å². The number of ether oxygens (including phenoxy) is 2. The van der Waals surface area contributed by atoms with E-state index in [-0.39, 0.29) is 0 Å². The zero-order valence-electron chi connectivity index (χ0n) is 17.1. The van der Waals surface area contributed by atoms with Crippen LogP contribution in [0, 0.1) is 0 Å². The summed E-state index contributed by atoms with van der Waals surface area (Å²) in [5, 5.41) is 4.38. The van der Waals surface area contributed by atoms with Crippen LogP contribution in [-0.4, -0.2) is 14.2 Å². The number of hydrogen-bond acceptors (Lipinski definition) is 4. The standard InChI is InChI=1S/C26H24N2O2/c1-29-25-17-13-23(14-18-25)27(21-9-5-3-6-10-21)28(22-11-7-4-8-12-22)24-15-19-26(30-2)20-16-24/h3-20H,1-2H3. The van der Waals surface area contributed by atoms with E-state index in [1.807, 2.05) is 60.7 Å². The van der Waals surface area contributed by atoms with Gasteiger partial charge in [-0.25, -0.2) is 10.0 Å². The number of rotatable bonds is 7. The molecule has 0 N–H and O–H groups in total. The van der Waals surface area contributed by atoms with Gasteiger partial charge in [-0.05, 0) is 72.8 Å². The highest BCUT2D eigenvalue weighted by molar-refractivity contribution is 5.77. The van der Waals surface area contributed by atoms with E-state index in [9.17, 15) is 0 Å². The molecule has 150 valence electrons. The van der Waals surface area contributed by atoms with Crippen LogP contribution in [0.25, 0.3) is 0 Å². The van der Waals surface area contributed by atoms with Crippen molar-refractivity contribution in [2.75, 3.05) is 24.2 Å². The summed E-state index contributed by atoms with van der Waals surface area (Å²) in [6.07, 6.45) is 0. The molecule has 4 aromatic rings. The minimum atomic E-state index is 0.822. The molecule has 0 aliphatic heterocycles. The Kier molecular flexibility index (Phi) is 5.85. The maximum Gasteiger partial charge on any atom is 0.119 e. The van der Waals surface area contributed by atoms with Crippen molar-refractivity contribution in [2.24, 2.45) is 0 Å². The van der Waals surface area contributed by atoms with E-state index in [1.165, 1.54) is 0 Å². The SMILES string of the molecule is COc1ccc(N(c2ccccc2)N(c2ccccc2)c2ccc(OC)cc2)cc1. The lowest BCUT2D eigenvalue weighted by Gasteiger charge is -2.38. The number of benzene rings is 4. The Hall–Kier alpha value is -3.92. The molecule has 4 heteroatoms. The van der Waals surface area contributed by atoms with Crippen LogP contribution in [0.15, 0.2) is 109 Å².